The van der Waals surface area contributed by atoms with Crippen molar-refractivity contribution in [2.45, 2.75) is 25.8 Å². The number of rotatable bonds is 4. The zero-order chi connectivity index (χ0) is 18.6. The third-order valence-corrected chi connectivity index (χ3v) is 5.61. The molecule has 0 aliphatic carbocycles. The summed E-state index contributed by atoms with van der Waals surface area (Å²) in [5.74, 6) is 1.25. The van der Waals surface area contributed by atoms with Crippen molar-refractivity contribution >= 4 is 11.7 Å². The molecule has 0 unspecified atom stereocenters. The van der Waals surface area contributed by atoms with Gasteiger partial charge in [0.15, 0.2) is 0 Å². The van der Waals surface area contributed by atoms with Gasteiger partial charge in [0, 0.05) is 44.8 Å². The number of carbonyl (C=O) groups is 1. The largest absolute Gasteiger partial charge is 0.353 e. The first-order chi connectivity index (χ1) is 13.2. The third-order valence-electron chi connectivity index (χ3n) is 5.61. The smallest absolute Gasteiger partial charge is 0.244 e. The number of aromatic nitrogens is 2. The first-order valence-corrected chi connectivity index (χ1v) is 9.83. The molecule has 0 bridgehead atoms. The number of amides is 1. The van der Waals surface area contributed by atoms with Crippen LogP contribution in [0.1, 0.15) is 30.0 Å². The van der Waals surface area contributed by atoms with E-state index in [1.165, 1.54) is 5.56 Å². The Bertz CT molecular complexity index is 767. The van der Waals surface area contributed by atoms with Gasteiger partial charge in [0.2, 0.25) is 5.91 Å². The zero-order valence-corrected chi connectivity index (χ0v) is 15.9. The predicted molar refractivity (Wildman–Crippen MR) is 106 cm³/mol. The van der Waals surface area contributed by atoms with Crippen molar-refractivity contribution in [2.24, 2.45) is 0 Å². The second-order valence-electron chi connectivity index (χ2n) is 7.39. The van der Waals surface area contributed by atoms with Gasteiger partial charge in [-0.05, 0) is 56.1 Å². The van der Waals surface area contributed by atoms with E-state index in [9.17, 15) is 4.79 Å². The minimum atomic E-state index is -0.204. The molecule has 2 aromatic heterocycles. The van der Waals surface area contributed by atoms with Crippen molar-refractivity contribution < 1.29 is 4.79 Å². The van der Waals surface area contributed by atoms with Gasteiger partial charge in [-0.25, -0.2) is 4.98 Å². The summed E-state index contributed by atoms with van der Waals surface area (Å²) in [4.78, 5) is 28.8. The van der Waals surface area contributed by atoms with Gasteiger partial charge in [-0.3, -0.25) is 14.7 Å². The van der Waals surface area contributed by atoms with E-state index in [2.05, 4.69) is 32.8 Å². The van der Waals surface area contributed by atoms with Gasteiger partial charge < -0.3 is 9.80 Å². The molecule has 2 aliphatic rings. The Morgan fingerprint density at radius 2 is 1.74 bits per heavy atom. The van der Waals surface area contributed by atoms with Gasteiger partial charge in [0.05, 0.1) is 0 Å². The highest BCUT2D eigenvalue weighted by atomic mass is 16.2. The zero-order valence-electron chi connectivity index (χ0n) is 15.9. The van der Waals surface area contributed by atoms with Crippen LogP contribution in [-0.4, -0.2) is 64.9 Å². The average Bonchev–Trinajstić information content (AvgIpc) is 3.24. The molecule has 2 aromatic rings. The number of piperazine rings is 1. The van der Waals surface area contributed by atoms with Crippen LogP contribution in [0.5, 0.6) is 0 Å². The van der Waals surface area contributed by atoms with Gasteiger partial charge >= 0.3 is 0 Å². The SMILES string of the molecule is Cc1cccnc1N1CCN(C(=O)[C@@H](c2cccnc2)N2CCCC2)CC1. The molecule has 4 heterocycles. The second-order valence-corrected chi connectivity index (χ2v) is 7.39. The Morgan fingerprint density at radius 1 is 1.00 bits per heavy atom. The molecule has 0 aromatic carbocycles. The molecule has 1 amide bonds. The lowest BCUT2D eigenvalue weighted by Crippen LogP contribution is -2.52. The summed E-state index contributed by atoms with van der Waals surface area (Å²) in [5, 5.41) is 0. The number of pyridine rings is 2. The van der Waals surface area contributed by atoms with E-state index in [-0.39, 0.29) is 11.9 Å². The number of aryl methyl sites for hydroxylation is 1. The molecule has 2 fully saturated rings. The molecular formula is C21H27N5O. The van der Waals surface area contributed by atoms with E-state index < -0.39 is 0 Å². The lowest BCUT2D eigenvalue weighted by atomic mass is 10.1. The van der Waals surface area contributed by atoms with Crippen molar-refractivity contribution in [3.63, 3.8) is 0 Å². The predicted octanol–water partition coefficient (Wildman–Crippen LogP) is 2.27. The summed E-state index contributed by atoms with van der Waals surface area (Å²) < 4.78 is 0. The fourth-order valence-corrected chi connectivity index (χ4v) is 4.17. The summed E-state index contributed by atoms with van der Waals surface area (Å²) >= 11 is 0. The number of nitrogens with zero attached hydrogens (tertiary/aromatic N) is 5. The monoisotopic (exact) mass is 365 g/mol. The van der Waals surface area contributed by atoms with Crippen LogP contribution in [0.25, 0.3) is 0 Å². The summed E-state index contributed by atoms with van der Waals surface area (Å²) in [6.45, 7) is 7.17. The van der Waals surface area contributed by atoms with Gasteiger partial charge in [-0.15, -0.1) is 0 Å². The van der Waals surface area contributed by atoms with E-state index in [1.54, 1.807) is 6.20 Å². The highest BCUT2D eigenvalue weighted by Gasteiger charge is 2.34. The maximum atomic E-state index is 13.4. The lowest BCUT2D eigenvalue weighted by molar-refractivity contribution is -0.137. The first kappa shape index (κ1) is 17.9. The fourth-order valence-electron chi connectivity index (χ4n) is 4.17. The van der Waals surface area contributed by atoms with Crippen molar-refractivity contribution in [1.29, 1.82) is 0 Å². The molecule has 142 valence electrons. The number of carbonyl (C=O) groups excluding carboxylic acids is 1. The molecule has 0 saturated carbocycles. The van der Waals surface area contributed by atoms with Crippen LogP contribution in [0.2, 0.25) is 0 Å². The van der Waals surface area contributed by atoms with E-state index in [0.29, 0.717) is 0 Å². The molecule has 0 radical (unpaired) electrons. The third kappa shape index (κ3) is 3.81. The van der Waals surface area contributed by atoms with Crippen molar-refractivity contribution in [3.05, 3.63) is 54.0 Å². The van der Waals surface area contributed by atoms with E-state index in [1.807, 2.05) is 35.5 Å². The van der Waals surface area contributed by atoms with Crippen LogP contribution in [0, 0.1) is 6.92 Å². The lowest BCUT2D eigenvalue weighted by Gasteiger charge is -2.39. The quantitative estimate of drug-likeness (QED) is 0.832. The summed E-state index contributed by atoms with van der Waals surface area (Å²) in [6, 6.07) is 7.80. The molecule has 6 nitrogen and oxygen atoms in total. The van der Waals surface area contributed by atoms with E-state index in [0.717, 1.165) is 63.5 Å². The molecule has 27 heavy (non-hydrogen) atoms. The maximum absolute atomic E-state index is 13.4. The molecule has 1 atom stereocenters. The van der Waals surface area contributed by atoms with Crippen molar-refractivity contribution in [3.8, 4) is 0 Å². The summed E-state index contributed by atoms with van der Waals surface area (Å²) in [5.41, 5.74) is 2.19. The van der Waals surface area contributed by atoms with E-state index >= 15 is 0 Å². The van der Waals surface area contributed by atoms with Crippen LogP contribution in [0.15, 0.2) is 42.9 Å². The van der Waals surface area contributed by atoms with Crippen molar-refractivity contribution in [1.82, 2.24) is 19.8 Å². The first-order valence-electron chi connectivity index (χ1n) is 9.83. The second kappa shape index (κ2) is 8.05. The molecule has 2 saturated heterocycles. The minimum absolute atomic E-state index is 0.204. The van der Waals surface area contributed by atoms with Crippen LogP contribution < -0.4 is 4.90 Å². The molecule has 2 aliphatic heterocycles. The van der Waals surface area contributed by atoms with Crippen LogP contribution in [0.3, 0.4) is 0 Å². The molecular weight excluding hydrogens is 338 g/mol. The molecule has 0 spiro atoms. The molecule has 4 rings (SSSR count). The Hall–Kier alpha value is -2.47. The summed E-state index contributed by atoms with van der Waals surface area (Å²) in [7, 11) is 0. The maximum Gasteiger partial charge on any atom is 0.244 e. The summed E-state index contributed by atoms with van der Waals surface area (Å²) in [6.07, 6.45) is 7.77. The number of likely N-dealkylation sites (tertiary alicyclic amines) is 1. The van der Waals surface area contributed by atoms with Crippen LogP contribution in [0.4, 0.5) is 5.82 Å². The van der Waals surface area contributed by atoms with Crippen molar-refractivity contribution in [2.75, 3.05) is 44.2 Å². The number of anilines is 1. The fraction of sp³-hybridized carbons (Fsp3) is 0.476. The topological polar surface area (TPSA) is 52.6 Å². The van der Waals surface area contributed by atoms with Gasteiger partial charge in [0.25, 0.3) is 0 Å². The molecule has 6 heteroatoms. The van der Waals surface area contributed by atoms with E-state index in [4.69, 9.17) is 0 Å². The Kier molecular flexibility index (Phi) is 5.34. The Morgan fingerprint density at radius 3 is 2.41 bits per heavy atom. The number of hydrogen-bond donors (Lipinski definition) is 0. The average molecular weight is 365 g/mol. The highest BCUT2D eigenvalue weighted by molar-refractivity contribution is 5.83. The Balaban J connectivity index is 1.47. The molecule has 0 N–H and O–H groups in total. The minimum Gasteiger partial charge on any atom is -0.353 e. The highest BCUT2D eigenvalue weighted by Crippen LogP contribution is 2.27. The standard InChI is InChI=1S/C21H27N5O/c1-17-6-4-9-23-20(17)25-12-14-26(15-13-25)21(27)19(24-10-2-3-11-24)18-7-5-8-22-16-18/h4-9,16,19H,2-3,10-15H2,1H3/t19-/m1/s1. The van der Waals surface area contributed by atoms with Gasteiger partial charge in [0.1, 0.15) is 11.9 Å². The normalized spacial score (nSPS) is 19.3. The van der Waals surface area contributed by atoms with Gasteiger partial charge in [-0.1, -0.05) is 12.1 Å². The number of hydrogen-bond acceptors (Lipinski definition) is 5. The van der Waals surface area contributed by atoms with Gasteiger partial charge in [-0.2, -0.15) is 0 Å². The van der Waals surface area contributed by atoms with Crippen LogP contribution >= 0.6 is 0 Å². The van der Waals surface area contributed by atoms with Crippen LogP contribution in [-0.2, 0) is 4.79 Å². The Labute approximate surface area is 160 Å².